The molecule has 0 saturated heterocycles. The Hall–Kier alpha value is -0.0800. The molecule has 3 atom stereocenters. The summed E-state index contributed by atoms with van der Waals surface area (Å²) in [7, 11) is 0. The minimum Gasteiger partial charge on any atom is -0.329 e. The first-order chi connectivity index (χ1) is 7.65. The molecule has 2 saturated carbocycles. The molecule has 0 bridgehead atoms. The number of nitrogens with one attached hydrogen (secondary N) is 1. The summed E-state index contributed by atoms with van der Waals surface area (Å²) in [4.78, 5) is 0. The third-order valence-electron chi connectivity index (χ3n) is 4.71. The van der Waals surface area contributed by atoms with E-state index >= 15 is 0 Å². The molecule has 0 radical (unpaired) electrons. The Morgan fingerprint density at radius 2 is 2.12 bits per heavy atom. The molecule has 0 amide bonds. The highest BCUT2D eigenvalue weighted by Crippen LogP contribution is 2.37. The predicted octanol–water partition coefficient (Wildman–Crippen LogP) is 2.53. The Morgan fingerprint density at radius 3 is 2.69 bits per heavy atom. The number of hydrogen-bond acceptors (Lipinski definition) is 2. The van der Waals surface area contributed by atoms with E-state index in [1.165, 1.54) is 45.1 Å². The molecule has 94 valence electrons. The predicted molar refractivity (Wildman–Crippen MR) is 69.3 cm³/mol. The highest BCUT2D eigenvalue weighted by Gasteiger charge is 2.35. The fourth-order valence-electron chi connectivity index (χ4n) is 3.29. The van der Waals surface area contributed by atoms with Gasteiger partial charge in [-0.3, -0.25) is 0 Å². The van der Waals surface area contributed by atoms with Gasteiger partial charge >= 0.3 is 0 Å². The van der Waals surface area contributed by atoms with E-state index in [0.29, 0.717) is 0 Å². The maximum Gasteiger partial charge on any atom is 0.0306 e. The molecule has 2 nitrogen and oxygen atoms in total. The first-order valence-electron chi connectivity index (χ1n) is 7.10. The molecule has 0 aromatic heterocycles. The van der Waals surface area contributed by atoms with Crippen LogP contribution in [0.1, 0.15) is 52.4 Å². The van der Waals surface area contributed by atoms with Gasteiger partial charge in [-0.15, -0.1) is 0 Å². The summed E-state index contributed by atoms with van der Waals surface area (Å²) in [6.45, 7) is 6.75. The molecule has 0 aliphatic heterocycles. The lowest BCUT2D eigenvalue weighted by Gasteiger charge is -2.41. The molecule has 0 aromatic rings. The van der Waals surface area contributed by atoms with Gasteiger partial charge in [0.2, 0.25) is 0 Å². The van der Waals surface area contributed by atoms with Crippen LogP contribution in [-0.2, 0) is 0 Å². The summed E-state index contributed by atoms with van der Waals surface area (Å²) >= 11 is 0. The molecule has 3 unspecified atom stereocenters. The van der Waals surface area contributed by atoms with Crippen LogP contribution in [0.4, 0.5) is 0 Å². The molecule has 0 spiro atoms. The maximum atomic E-state index is 6.02. The average molecular weight is 224 g/mol. The molecule has 2 aliphatic rings. The first-order valence-corrected chi connectivity index (χ1v) is 7.10. The lowest BCUT2D eigenvalue weighted by molar-refractivity contribution is 0.184. The summed E-state index contributed by atoms with van der Waals surface area (Å²) in [5.41, 5.74) is 6.28. The SMILES string of the molecule is CC1CCCC(CN)(NCC(C)C2CC2)C1. The number of nitrogens with two attached hydrogens (primary N) is 1. The summed E-state index contributed by atoms with van der Waals surface area (Å²) < 4.78 is 0. The van der Waals surface area contributed by atoms with Gasteiger partial charge in [0.1, 0.15) is 0 Å². The highest BCUT2D eigenvalue weighted by molar-refractivity contribution is 4.94. The smallest absolute Gasteiger partial charge is 0.0306 e. The van der Waals surface area contributed by atoms with Crippen molar-refractivity contribution in [1.82, 2.24) is 5.32 Å². The van der Waals surface area contributed by atoms with Crippen molar-refractivity contribution >= 4 is 0 Å². The van der Waals surface area contributed by atoms with E-state index in [-0.39, 0.29) is 5.54 Å². The molecule has 0 heterocycles. The van der Waals surface area contributed by atoms with Crippen molar-refractivity contribution in [3.63, 3.8) is 0 Å². The van der Waals surface area contributed by atoms with Gasteiger partial charge in [0.05, 0.1) is 0 Å². The van der Waals surface area contributed by atoms with E-state index < -0.39 is 0 Å². The second-order valence-corrected chi connectivity index (χ2v) is 6.38. The minimum absolute atomic E-state index is 0.265. The molecular formula is C14H28N2. The summed E-state index contributed by atoms with van der Waals surface area (Å²) in [6, 6.07) is 0. The van der Waals surface area contributed by atoms with E-state index in [1.807, 2.05) is 0 Å². The van der Waals surface area contributed by atoms with E-state index in [4.69, 9.17) is 5.73 Å². The topological polar surface area (TPSA) is 38.0 Å². The monoisotopic (exact) mass is 224 g/mol. The average Bonchev–Trinajstić information content (AvgIpc) is 3.10. The first kappa shape index (κ1) is 12.4. The number of hydrogen-bond donors (Lipinski definition) is 2. The van der Waals surface area contributed by atoms with Gasteiger partial charge in [-0.2, -0.15) is 0 Å². The van der Waals surface area contributed by atoms with Crippen molar-refractivity contribution in [3.8, 4) is 0 Å². The van der Waals surface area contributed by atoms with Gasteiger partial charge in [0, 0.05) is 12.1 Å². The van der Waals surface area contributed by atoms with Gasteiger partial charge in [-0.25, -0.2) is 0 Å². The lowest BCUT2D eigenvalue weighted by Crippen LogP contribution is -2.55. The fraction of sp³-hybridized carbons (Fsp3) is 1.00. The van der Waals surface area contributed by atoms with Crippen molar-refractivity contribution in [3.05, 3.63) is 0 Å². The van der Waals surface area contributed by atoms with E-state index in [2.05, 4.69) is 19.2 Å². The number of rotatable bonds is 5. The zero-order valence-electron chi connectivity index (χ0n) is 11.0. The Kier molecular flexibility index (Phi) is 3.91. The molecular weight excluding hydrogens is 196 g/mol. The van der Waals surface area contributed by atoms with Gasteiger partial charge in [0.15, 0.2) is 0 Å². The van der Waals surface area contributed by atoms with Crippen LogP contribution in [0.5, 0.6) is 0 Å². The quantitative estimate of drug-likeness (QED) is 0.753. The van der Waals surface area contributed by atoms with Gasteiger partial charge in [0.25, 0.3) is 0 Å². The standard InChI is InChI=1S/C14H28N2/c1-11-4-3-7-14(8-11,10-15)16-9-12(2)13-5-6-13/h11-13,16H,3-10,15H2,1-2H3. The van der Waals surface area contributed by atoms with Crippen LogP contribution in [0, 0.1) is 17.8 Å². The third kappa shape index (κ3) is 2.98. The highest BCUT2D eigenvalue weighted by atomic mass is 15.0. The largest absolute Gasteiger partial charge is 0.329 e. The molecule has 16 heavy (non-hydrogen) atoms. The Balaban J connectivity index is 1.82. The summed E-state index contributed by atoms with van der Waals surface area (Å²) in [6.07, 6.45) is 8.21. The third-order valence-corrected chi connectivity index (χ3v) is 4.71. The Morgan fingerprint density at radius 1 is 1.38 bits per heavy atom. The summed E-state index contributed by atoms with van der Waals surface area (Å²) in [5.74, 6) is 2.70. The van der Waals surface area contributed by atoms with Gasteiger partial charge < -0.3 is 11.1 Å². The van der Waals surface area contributed by atoms with Crippen LogP contribution in [-0.4, -0.2) is 18.6 Å². The van der Waals surface area contributed by atoms with Crippen LogP contribution in [0.25, 0.3) is 0 Å². The lowest BCUT2D eigenvalue weighted by atomic mass is 9.76. The summed E-state index contributed by atoms with van der Waals surface area (Å²) in [5, 5.41) is 3.81. The van der Waals surface area contributed by atoms with Crippen molar-refractivity contribution in [2.75, 3.05) is 13.1 Å². The fourth-order valence-corrected chi connectivity index (χ4v) is 3.29. The van der Waals surface area contributed by atoms with Gasteiger partial charge in [-0.1, -0.05) is 26.7 Å². The minimum atomic E-state index is 0.265. The van der Waals surface area contributed by atoms with Crippen molar-refractivity contribution in [2.45, 2.75) is 57.9 Å². The Bertz CT molecular complexity index is 225. The second kappa shape index (κ2) is 5.05. The normalized spacial score (nSPS) is 37.3. The second-order valence-electron chi connectivity index (χ2n) is 6.38. The molecule has 2 fully saturated rings. The molecule has 2 aliphatic carbocycles. The van der Waals surface area contributed by atoms with Crippen LogP contribution >= 0.6 is 0 Å². The van der Waals surface area contributed by atoms with E-state index in [1.54, 1.807) is 0 Å². The molecule has 2 heteroatoms. The zero-order valence-corrected chi connectivity index (χ0v) is 11.0. The van der Waals surface area contributed by atoms with Crippen LogP contribution in [0.15, 0.2) is 0 Å². The zero-order chi connectivity index (χ0) is 11.6. The maximum absolute atomic E-state index is 6.02. The van der Waals surface area contributed by atoms with Crippen LogP contribution in [0.3, 0.4) is 0 Å². The van der Waals surface area contributed by atoms with Gasteiger partial charge in [-0.05, 0) is 50.0 Å². The van der Waals surface area contributed by atoms with Crippen molar-refractivity contribution < 1.29 is 0 Å². The van der Waals surface area contributed by atoms with E-state index in [0.717, 1.165) is 24.3 Å². The molecule has 0 aromatic carbocycles. The van der Waals surface area contributed by atoms with Crippen LogP contribution < -0.4 is 11.1 Å². The van der Waals surface area contributed by atoms with Crippen molar-refractivity contribution in [2.24, 2.45) is 23.5 Å². The van der Waals surface area contributed by atoms with Crippen LogP contribution in [0.2, 0.25) is 0 Å². The Labute approximate surface area is 100 Å². The molecule has 2 rings (SSSR count). The molecule has 3 N–H and O–H groups in total. The van der Waals surface area contributed by atoms with E-state index in [9.17, 15) is 0 Å². The van der Waals surface area contributed by atoms with Crippen molar-refractivity contribution in [1.29, 1.82) is 0 Å².